The summed E-state index contributed by atoms with van der Waals surface area (Å²) in [6, 6.07) is 3.97. The average molecular weight is 291 g/mol. The maximum Gasteiger partial charge on any atom is 0.255 e. The normalized spacial score (nSPS) is 18.0. The molecule has 7 nitrogen and oxygen atoms in total. The van der Waals surface area contributed by atoms with Gasteiger partial charge in [-0.15, -0.1) is 0 Å². The van der Waals surface area contributed by atoms with Gasteiger partial charge in [-0.3, -0.25) is 19.3 Å². The second-order valence-corrected chi connectivity index (χ2v) is 4.68. The van der Waals surface area contributed by atoms with E-state index in [4.69, 9.17) is 10.5 Å². The number of nitrogens with zero attached hydrogens (tertiary/aromatic N) is 1. The Labute approximate surface area is 122 Å². The number of ether oxygens (including phenoxy) is 1. The summed E-state index contributed by atoms with van der Waals surface area (Å²) in [7, 11) is 1.39. The molecular weight excluding hydrogens is 274 g/mol. The van der Waals surface area contributed by atoms with Gasteiger partial charge in [0.2, 0.25) is 5.91 Å². The predicted molar refractivity (Wildman–Crippen MR) is 75.7 cm³/mol. The molecule has 0 radical (unpaired) electrons. The molecular formula is C14H17N3O4. The lowest BCUT2D eigenvalue weighted by molar-refractivity contribution is -0.137. The Balaban J connectivity index is 2.20. The molecule has 3 amide bonds. The van der Waals surface area contributed by atoms with Crippen LogP contribution in [0.25, 0.3) is 0 Å². The Kier molecular flexibility index (Phi) is 4.11. The van der Waals surface area contributed by atoms with Gasteiger partial charge < -0.3 is 15.8 Å². The Bertz CT molecular complexity index is 600. The van der Waals surface area contributed by atoms with E-state index in [2.05, 4.69) is 5.32 Å². The average Bonchev–Trinajstić information content (AvgIpc) is 2.68. The molecule has 21 heavy (non-hydrogen) atoms. The number of nitrogens with one attached hydrogen (secondary N) is 1. The molecule has 0 aliphatic carbocycles. The lowest BCUT2D eigenvalue weighted by Crippen LogP contribution is -2.40. The topological polar surface area (TPSA) is 102 Å². The first kappa shape index (κ1) is 14.8. The smallest absolute Gasteiger partial charge is 0.255 e. The van der Waals surface area contributed by atoms with Gasteiger partial charge in [0.25, 0.3) is 11.8 Å². The van der Waals surface area contributed by atoms with Gasteiger partial charge in [-0.1, -0.05) is 6.07 Å². The molecule has 2 rings (SSSR count). The van der Waals surface area contributed by atoms with E-state index < -0.39 is 17.9 Å². The molecule has 1 aliphatic rings. The molecule has 1 atom stereocenters. The van der Waals surface area contributed by atoms with Crippen molar-refractivity contribution < 1.29 is 19.1 Å². The summed E-state index contributed by atoms with van der Waals surface area (Å²) < 4.78 is 5.37. The number of carbonyl (C=O) groups excluding carboxylic acids is 3. The molecule has 1 aromatic rings. The largest absolute Gasteiger partial charge is 0.491 e. The number of amides is 3. The van der Waals surface area contributed by atoms with Crippen molar-refractivity contribution in [1.82, 2.24) is 10.2 Å². The van der Waals surface area contributed by atoms with E-state index in [0.29, 0.717) is 12.3 Å². The third-order valence-corrected chi connectivity index (χ3v) is 3.27. The van der Waals surface area contributed by atoms with Crippen molar-refractivity contribution >= 4 is 23.4 Å². The van der Waals surface area contributed by atoms with Crippen LogP contribution in [0.4, 0.5) is 5.69 Å². The SMILES string of the molecule is CCOc1c(N)cccc1C(=O)NC1CC(=O)N(C)C1=O. The third-order valence-electron chi connectivity index (χ3n) is 3.27. The van der Waals surface area contributed by atoms with Crippen molar-refractivity contribution in [2.24, 2.45) is 0 Å². The quantitative estimate of drug-likeness (QED) is 0.607. The van der Waals surface area contributed by atoms with Crippen LogP contribution in [-0.2, 0) is 9.59 Å². The van der Waals surface area contributed by atoms with Gasteiger partial charge >= 0.3 is 0 Å². The molecule has 112 valence electrons. The van der Waals surface area contributed by atoms with Crippen LogP contribution in [0.1, 0.15) is 23.7 Å². The fourth-order valence-electron chi connectivity index (χ4n) is 2.14. The fraction of sp³-hybridized carbons (Fsp3) is 0.357. The van der Waals surface area contributed by atoms with Gasteiger partial charge in [-0.25, -0.2) is 0 Å². The molecule has 1 aliphatic heterocycles. The first-order valence-corrected chi connectivity index (χ1v) is 6.58. The molecule has 3 N–H and O–H groups in total. The van der Waals surface area contributed by atoms with Gasteiger partial charge in [-0.2, -0.15) is 0 Å². The first-order chi connectivity index (χ1) is 9.95. The molecule has 0 bridgehead atoms. The zero-order chi connectivity index (χ0) is 15.6. The van der Waals surface area contributed by atoms with E-state index in [9.17, 15) is 14.4 Å². The van der Waals surface area contributed by atoms with Crippen LogP contribution < -0.4 is 15.8 Å². The first-order valence-electron chi connectivity index (χ1n) is 6.58. The summed E-state index contributed by atoms with van der Waals surface area (Å²) >= 11 is 0. The van der Waals surface area contributed by atoms with E-state index in [1.807, 2.05) is 0 Å². The minimum Gasteiger partial charge on any atom is -0.491 e. The number of rotatable bonds is 4. The minimum absolute atomic E-state index is 0.0344. The molecule has 0 aromatic heterocycles. The zero-order valence-electron chi connectivity index (χ0n) is 11.9. The van der Waals surface area contributed by atoms with Crippen LogP contribution in [0.2, 0.25) is 0 Å². The molecule has 1 fully saturated rings. The third kappa shape index (κ3) is 2.81. The molecule has 1 unspecified atom stereocenters. The number of para-hydroxylation sites is 1. The number of likely N-dealkylation sites (N-methyl/N-ethyl adjacent to an activating group) is 1. The number of anilines is 1. The number of likely N-dealkylation sites (tertiary alicyclic amines) is 1. The zero-order valence-corrected chi connectivity index (χ0v) is 11.9. The summed E-state index contributed by atoms with van der Waals surface area (Å²) in [6.45, 7) is 2.14. The van der Waals surface area contributed by atoms with E-state index in [-0.39, 0.29) is 23.6 Å². The molecule has 0 spiro atoms. The van der Waals surface area contributed by atoms with Crippen molar-refractivity contribution in [2.75, 3.05) is 19.4 Å². The van der Waals surface area contributed by atoms with Gasteiger partial charge in [0.05, 0.1) is 24.3 Å². The van der Waals surface area contributed by atoms with Crippen molar-refractivity contribution in [3.8, 4) is 5.75 Å². The predicted octanol–water partition coefficient (Wildman–Crippen LogP) is 0.155. The molecule has 7 heteroatoms. The van der Waals surface area contributed by atoms with Crippen LogP contribution in [0.5, 0.6) is 5.75 Å². The standard InChI is InChI=1S/C14H17N3O4/c1-3-21-12-8(5-4-6-9(12)15)13(19)16-10-7-11(18)17(2)14(10)20/h4-6,10H,3,7,15H2,1-2H3,(H,16,19). The number of nitrogen functional groups attached to an aromatic ring is 1. The summed E-state index contributed by atoms with van der Waals surface area (Å²) in [4.78, 5) is 36.5. The lowest BCUT2D eigenvalue weighted by Gasteiger charge is -2.15. The van der Waals surface area contributed by atoms with E-state index in [1.165, 1.54) is 7.05 Å². The lowest BCUT2D eigenvalue weighted by atomic mass is 10.1. The van der Waals surface area contributed by atoms with Gasteiger partial charge in [0.1, 0.15) is 6.04 Å². The highest BCUT2D eigenvalue weighted by Gasteiger charge is 2.37. The van der Waals surface area contributed by atoms with Crippen molar-refractivity contribution in [1.29, 1.82) is 0 Å². The highest BCUT2D eigenvalue weighted by Crippen LogP contribution is 2.26. The Hall–Kier alpha value is -2.57. The van der Waals surface area contributed by atoms with Crippen molar-refractivity contribution in [3.05, 3.63) is 23.8 Å². The van der Waals surface area contributed by atoms with E-state index in [1.54, 1.807) is 25.1 Å². The molecule has 1 aromatic carbocycles. The minimum atomic E-state index is -0.842. The molecule has 1 saturated heterocycles. The van der Waals surface area contributed by atoms with Gasteiger partial charge in [-0.05, 0) is 19.1 Å². The van der Waals surface area contributed by atoms with Crippen LogP contribution in [-0.4, -0.2) is 42.3 Å². The van der Waals surface area contributed by atoms with E-state index in [0.717, 1.165) is 4.90 Å². The number of imide groups is 1. The van der Waals surface area contributed by atoms with Gasteiger partial charge in [0.15, 0.2) is 5.75 Å². The summed E-state index contributed by atoms with van der Waals surface area (Å²) in [6.07, 6.45) is -0.0344. The molecule has 0 saturated carbocycles. The van der Waals surface area contributed by atoms with Crippen molar-refractivity contribution in [2.45, 2.75) is 19.4 Å². The molecule has 1 heterocycles. The Morgan fingerprint density at radius 2 is 2.19 bits per heavy atom. The van der Waals surface area contributed by atoms with Crippen LogP contribution in [0.15, 0.2) is 18.2 Å². The van der Waals surface area contributed by atoms with Crippen LogP contribution >= 0.6 is 0 Å². The number of hydrogen-bond acceptors (Lipinski definition) is 5. The highest BCUT2D eigenvalue weighted by atomic mass is 16.5. The van der Waals surface area contributed by atoms with Gasteiger partial charge in [0, 0.05) is 7.05 Å². The van der Waals surface area contributed by atoms with Crippen molar-refractivity contribution in [3.63, 3.8) is 0 Å². The Morgan fingerprint density at radius 1 is 1.48 bits per heavy atom. The summed E-state index contributed by atoms with van der Waals surface area (Å²) in [5, 5.41) is 2.55. The summed E-state index contributed by atoms with van der Waals surface area (Å²) in [5.74, 6) is -0.951. The maximum absolute atomic E-state index is 12.3. The second-order valence-electron chi connectivity index (χ2n) is 4.68. The second kappa shape index (κ2) is 5.82. The fourth-order valence-corrected chi connectivity index (χ4v) is 2.14. The van der Waals surface area contributed by atoms with Crippen LogP contribution in [0.3, 0.4) is 0 Å². The number of hydrogen-bond donors (Lipinski definition) is 2. The van der Waals surface area contributed by atoms with E-state index >= 15 is 0 Å². The maximum atomic E-state index is 12.3. The highest BCUT2D eigenvalue weighted by molar-refractivity contribution is 6.08. The van der Waals surface area contributed by atoms with Crippen LogP contribution in [0, 0.1) is 0 Å². The number of carbonyl (C=O) groups is 3. The monoisotopic (exact) mass is 291 g/mol. The summed E-state index contributed by atoms with van der Waals surface area (Å²) in [5.41, 5.74) is 6.38. The number of nitrogens with two attached hydrogens (primary N) is 1. The Morgan fingerprint density at radius 3 is 2.76 bits per heavy atom. The number of benzene rings is 1.